The van der Waals surface area contributed by atoms with Gasteiger partial charge in [-0.25, -0.2) is 0 Å². The van der Waals surface area contributed by atoms with Crippen molar-refractivity contribution in [1.29, 1.82) is 0 Å². The fraction of sp³-hybridized carbons (Fsp3) is 0.760. The van der Waals surface area contributed by atoms with Crippen LogP contribution in [0.15, 0.2) is 18.2 Å². The Bertz CT molecular complexity index is 507. The third kappa shape index (κ3) is 5.35. The predicted molar refractivity (Wildman–Crippen MR) is 110 cm³/mol. The highest BCUT2D eigenvalue weighted by atomic mass is 14.3. The molecule has 0 amide bonds. The molecule has 0 heterocycles. The molecule has 0 N–H and O–H groups in total. The monoisotopic (exact) mass is 340 g/mol. The summed E-state index contributed by atoms with van der Waals surface area (Å²) in [6.07, 6.45) is 19.9. The third-order valence-corrected chi connectivity index (χ3v) is 7.06. The fourth-order valence-electron chi connectivity index (χ4n) is 5.31. The highest BCUT2D eigenvalue weighted by Crippen LogP contribution is 2.39. The Hall–Kier alpha value is -0.780. The Kier molecular flexibility index (Phi) is 7.44. The number of rotatable bonds is 8. The van der Waals surface area contributed by atoms with Gasteiger partial charge < -0.3 is 0 Å². The van der Waals surface area contributed by atoms with Crippen LogP contribution in [-0.4, -0.2) is 0 Å². The molecule has 1 aromatic carbocycles. The predicted octanol–water partition coefficient (Wildman–Crippen LogP) is 7.84. The standard InChI is InChI=1S/C25H40/c1-3-5-7-9-21-12-15-25-19-24(17-16-23(25)18-21)22-13-10-20(11-14-22)8-6-4-2/h16-17,19-22H,3-15,18H2,1-2H3/t20-,21?,22-. The van der Waals surface area contributed by atoms with Crippen molar-refractivity contribution in [2.45, 2.75) is 110 Å². The number of unbranched alkanes of at least 4 members (excludes halogenated alkanes) is 3. The average Bonchev–Trinajstić information content (AvgIpc) is 2.66. The summed E-state index contributed by atoms with van der Waals surface area (Å²) in [5, 5.41) is 0. The topological polar surface area (TPSA) is 0 Å². The van der Waals surface area contributed by atoms with E-state index < -0.39 is 0 Å². The normalized spacial score (nSPS) is 26.4. The molecular formula is C25H40. The van der Waals surface area contributed by atoms with Gasteiger partial charge >= 0.3 is 0 Å². The lowest BCUT2D eigenvalue weighted by atomic mass is 9.75. The second kappa shape index (κ2) is 9.79. The minimum Gasteiger partial charge on any atom is -0.0654 e. The van der Waals surface area contributed by atoms with Crippen LogP contribution < -0.4 is 0 Å². The van der Waals surface area contributed by atoms with Crippen molar-refractivity contribution in [3.8, 4) is 0 Å². The zero-order valence-corrected chi connectivity index (χ0v) is 16.9. The lowest BCUT2D eigenvalue weighted by Gasteiger charge is -2.30. The van der Waals surface area contributed by atoms with Gasteiger partial charge in [-0.2, -0.15) is 0 Å². The molecule has 0 heteroatoms. The van der Waals surface area contributed by atoms with E-state index in [9.17, 15) is 0 Å². The lowest BCUT2D eigenvalue weighted by Crippen LogP contribution is -2.16. The second-order valence-corrected chi connectivity index (χ2v) is 8.99. The first-order chi connectivity index (χ1) is 12.3. The van der Waals surface area contributed by atoms with E-state index in [0.29, 0.717) is 0 Å². The van der Waals surface area contributed by atoms with E-state index in [2.05, 4.69) is 32.0 Å². The Balaban J connectivity index is 1.52. The van der Waals surface area contributed by atoms with Crippen LogP contribution in [0.2, 0.25) is 0 Å². The Morgan fingerprint density at radius 2 is 1.52 bits per heavy atom. The molecule has 0 saturated heterocycles. The first-order valence-corrected chi connectivity index (χ1v) is 11.4. The maximum atomic E-state index is 2.61. The molecule has 1 fully saturated rings. The minimum atomic E-state index is 0.852. The van der Waals surface area contributed by atoms with E-state index in [1.54, 1.807) is 16.7 Å². The van der Waals surface area contributed by atoms with E-state index in [0.717, 1.165) is 17.8 Å². The van der Waals surface area contributed by atoms with Gasteiger partial charge in [0.2, 0.25) is 0 Å². The summed E-state index contributed by atoms with van der Waals surface area (Å²) in [7, 11) is 0. The number of hydrogen-bond acceptors (Lipinski definition) is 0. The van der Waals surface area contributed by atoms with Crippen molar-refractivity contribution in [1.82, 2.24) is 0 Å². The summed E-state index contributed by atoms with van der Waals surface area (Å²) in [6, 6.07) is 7.60. The zero-order valence-electron chi connectivity index (χ0n) is 16.9. The van der Waals surface area contributed by atoms with Crippen molar-refractivity contribution in [3.05, 3.63) is 34.9 Å². The second-order valence-electron chi connectivity index (χ2n) is 8.99. The third-order valence-electron chi connectivity index (χ3n) is 7.06. The molecule has 1 saturated carbocycles. The molecule has 0 bridgehead atoms. The first kappa shape index (κ1) is 19.0. The zero-order chi connectivity index (χ0) is 17.5. The van der Waals surface area contributed by atoms with Gasteiger partial charge in [0.05, 0.1) is 0 Å². The van der Waals surface area contributed by atoms with Gasteiger partial charge in [0.15, 0.2) is 0 Å². The van der Waals surface area contributed by atoms with Crippen molar-refractivity contribution in [2.75, 3.05) is 0 Å². The van der Waals surface area contributed by atoms with Crippen molar-refractivity contribution in [3.63, 3.8) is 0 Å². The van der Waals surface area contributed by atoms with E-state index in [4.69, 9.17) is 0 Å². The van der Waals surface area contributed by atoms with Gasteiger partial charge in [-0.15, -0.1) is 0 Å². The average molecular weight is 341 g/mol. The van der Waals surface area contributed by atoms with Crippen LogP contribution in [0.5, 0.6) is 0 Å². The summed E-state index contributed by atoms with van der Waals surface area (Å²) < 4.78 is 0. The summed E-state index contributed by atoms with van der Waals surface area (Å²) in [6.45, 7) is 4.64. The van der Waals surface area contributed by atoms with Crippen LogP contribution in [0.3, 0.4) is 0 Å². The SMILES string of the molecule is CCCCCC1CCc2cc([C@H]3CC[C@H](CCCC)CC3)ccc2C1. The van der Waals surface area contributed by atoms with Gasteiger partial charge in [-0.1, -0.05) is 77.0 Å². The molecule has 140 valence electrons. The molecule has 3 rings (SSSR count). The minimum absolute atomic E-state index is 0.852. The van der Waals surface area contributed by atoms with Crippen molar-refractivity contribution >= 4 is 0 Å². The van der Waals surface area contributed by atoms with E-state index in [1.807, 2.05) is 0 Å². The number of hydrogen-bond donors (Lipinski definition) is 0. The number of fused-ring (bicyclic) bond motifs is 1. The highest BCUT2D eigenvalue weighted by Gasteiger charge is 2.24. The largest absolute Gasteiger partial charge is 0.0654 e. The molecule has 25 heavy (non-hydrogen) atoms. The Labute approximate surface area is 156 Å². The van der Waals surface area contributed by atoms with Crippen LogP contribution in [-0.2, 0) is 12.8 Å². The molecule has 0 nitrogen and oxygen atoms in total. The lowest BCUT2D eigenvalue weighted by molar-refractivity contribution is 0.304. The quantitative estimate of drug-likeness (QED) is 0.423. The van der Waals surface area contributed by atoms with Crippen LogP contribution in [0.4, 0.5) is 0 Å². The molecule has 1 atom stereocenters. The van der Waals surface area contributed by atoms with E-state index in [-0.39, 0.29) is 0 Å². The van der Waals surface area contributed by atoms with Crippen LogP contribution >= 0.6 is 0 Å². The molecule has 0 radical (unpaired) electrons. The molecular weight excluding hydrogens is 300 g/mol. The van der Waals surface area contributed by atoms with Crippen molar-refractivity contribution in [2.24, 2.45) is 11.8 Å². The Morgan fingerprint density at radius 1 is 0.760 bits per heavy atom. The van der Waals surface area contributed by atoms with Gasteiger partial charge in [0.25, 0.3) is 0 Å². The number of benzene rings is 1. The molecule has 2 aliphatic rings. The summed E-state index contributed by atoms with van der Waals surface area (Å²) >= 11 is 0. The van der Waals surface area contributed by atoms with Crippen LogP contribution in [0, 0.1) is 11.8 Å². The number of aryl methyl sites for hydroxylation is 1. The maximum absolute atomic E-state index is 2.61. The summed E-state index contributed by atoms with van der Waals surface area (Å²) in [4.78, 5) is 0. The van der Waals surface area contributed by atoms with Crippen LogP contribution in [0.1, 0.15) is 114 Å². The molecule has 1 aromatic rings. The van der Waals surface area contributed by atoms with Crippen LogP contribution in [0.25, 0.3) is 0 Å². The van der Waals surface area contributed by atoms with E-state index in [1.165, 1.54) is 89.9 Å². The van der Waals surface area contributed by atoms with Gasteiger partial charge in [0, 0.05) is 0 Å². The molecule has 0 aliphatic heterocycles. The first-order valence-electron chi connectivity index (χ1n) is 11.4. The van der Waals surface area contributed by atoms with Gasteiger partial charge in [-0.05, 0) is 79.4 Å². The smallest absolute Gasteiger partial charge is 0.0162 e. The maximum Gasteiger partial charge on any atom is -0.0162 e. The van der Waals surface area contributed by atoms with Crippen molar-refractivity contribution < 1.29 is 0 Å². The van der Waals surface area contributed by atoms with Gasteiger partial charge in [-0.3, -0.25) is 0 Å². The molecule has 0 aromatic heterocycles. The van der Waals surface area contributed by atoms with Gasteiger partial charge in [0.1, 0.15) is 0 Å². The molecule has 0 spiro atoms. The summed E-state index contributed by atoms with van der Waals surface area (Å²) in [5.41, 5.74) is 5.03. The highest BCUT2D eigenvalue weighted by molar-refractivity contribution is 5.36. The summed E-state index contributed by atoms with van der Waals surface area (Å²) in [5.74, 6) is 2.84. The van der Waals surface area contributed by atoms with E-state index >= 15 is 0 Å². The fourth-order valence-corrected chi connectivity index (χ4v) is 5.31. The Morgan fingerprint density at radius 3 is 2.28 bits per heavy atom. The molecule has 2 aliphatic carbocycles. The molecule has 1 unspecified atom stereocenters.